The van der Waals surface area contributed by atoms with Gasteiger partial charge >= 0.3 is 6.09 Å². The van der Waals surface area contributed by atoms with Crippen molar-refractivity contribution in [2.24, 2.45) is 0 Å². The highest BCUT2D eigenvalue weighted by Crippen LogP contribution is 2.26. The predicted molar refractivity (Wildman–Crippen MR) is 118 cm³/mol. The van der Waals surface area contributed by atoms with E-state index < -0.39 is 11.7 Å². The maximum absolute atomic E-state index is 12.4. The molecule has 0 saturated heterocycles. The number of nitrogens with one attached hydrogen (secondary N) is 2. The van der Waals surface area contributed by atoms with Crippen LogP contribution in [0.1, 0.15) is 52.0 Å². The van der Waals surface area contributed by atoms with Crippen LogP contribution in [0, 0.1) is 0 Å². The van der Waals surface area contributed by atoms with Gasteiger partial charge in [0.25, 0.3) is 0 Å². The van der Waals surface area contributed by atoms with Gasteiger partial charge in [-0.15, -0.1) is 0 Å². The molecule has 1 aliphatic rings. The first-order valence-electron chi connectivity index (χ1n) is 10.4. The van der Waals surface area contributed by atoms with Gasteiger partial charge in [0.05, 0.1) is 12.5 Å². The van der Waals surface area contributed by atoms with Gasteiger partial charge in [0, 0.05) is 17.4 Å². The quantitative estimate of drug-likeness (QED) is 0.656. The van der Waals surface area contributed by atoms with E-state index in [-0.39, 0.29) is 18.4 Å². The third-order valence-electron chi connectivity index (χ3n) is 4.69. The minimum Gasteiger partial charge on any atom is -0.490 e. The second kappa shape index (κ2) is 9.65. The number of carbonyl (C=O) groups excluding carboxylic acids is 2. The molecule has 6 nitrogen and oxygen atoms in total. The molecule has 0 spiro atoms. The van der Waals surface area contributed by atoms with Crippen LogP contribution in [-0.4, -0.2) is 23.7 Å². The fourth-order valence-corrected chi connectivity index (χ4v) is 3.36. The Morgan fingerprint density at radius 1 is 0.967 bits per heavy atom. The lowest BCUT2D eigenvalue weighted by atomic mass is 10.1. The monoisotopic (exact) mass is 410 g/mol. The highest BCUT2D eigenvalue weighted by molar-refractivity contribution is 5.92. The molecular weight excluding hydrogens is 380 g/mol. The van der Waals surface area contributed by atoms with E-state index in [9.17, 15) is 9.59 Å². The Balaban J connectivity index is 1.50. The first-order valence-corrected chi connectivity index (χ1v) is 10.4. The Hall–Kier alpha value is -3.02. The van der Waals surface area contributed by atoms with E-state index in [4.69, 9.17) is 9.47 Å². The summed E-state index contributed by atoms with van der Waals surface area (Å²) in [4.78, 5) is 24.2. The summed E-state index contributed by atoms with van der Waals surface area (Å²) in [6, 6.07) is 14.7. The molecule has 160 valence electrons. The smallest absolute Gasteiger partial charge is 0.412 e. The van der Waals surface area contributed by atoms with Gasteiger partial charge in [0.15, 0.2) is 0 Å². The lowest BCUT2D eigenvalue weighted by molar-refractivity contribution is -0.115. The summed E-state index contributed by atoms with van der Waals surface area (Å²) < 4.78 is 11.2. The fourth-order valence-electron chi connectivity index (χ4n) is 3.36. The van der Waals surface area contributed by atoms with Crippen LogP contribution in [0.4, 0.5) is 16.2 Å². The maximum atomic E-state index is 12.4. The van der Waals surface area contributed by atoms with Gasteiger partial charge in [0.2, 0.25) is 5.91 Å². The van der Waals surface area contributed by atoms with E-state index in [1.54, 1.807) is 12.1 Å². The van der Waals surface area contributed by atoms with Crippen molar-refractivity contribution < 1.29 is 19.1 Å². The number of rotatable bonds is 6. The van der Waals surface area contributed by atoms with Gasteiger partial charge < -0.3 is 14.8 Å². The van der Waals surface area contributed by atoms with Crippen molar-refractivity contribution in [3.05, 3.63) is 54.1 Å². The van der Waals surface area contributed by atoms with Crippen LogP contribution in [0.25, 0.3) is 0 Å². The Bertz CT molecular complexity index is 866. The van der Waals surface area contributed by atoms with Crippen molar-refractivity contribution in [2.75, 3.05) is 10.6 Å². The Morgan fingerprint density at radius 3 is 2.33 bits per heavy atom. The zero-order chi connectivity index (χ0) is 21.6. The molecule has 0 aliphatic heterocycles. The normalized spacial score (nSPS) is 14.2. The van der Waals surface area contributed by atoms with Crippen LogP contribution in [-0.2, 0) is 16.0 Å². The molecule has 0 bridgehead atoms. The van der Waals surface area contributed by atoms with E-state index in [0.717, 1.165) is 29.8 Å². The molecule has 1 saturated carbocycles. The second-order valence-electron chi connectivity index (χ2n) is 8.60. The predicted octanol–water partition coefficient (Wildman–Crippen LogP) is 5.54. The zero-order valence-electron chi connectivity index (χ0n) is 17.9. The molecule has 1 fully saturated rings. The van der Waals surface area contributed by atoms with Crippen LogP contribution >= 0.6 is 0 Å². The SMILES string of the molecule is CC(C)(C)OC(=O)Nc1ccc(CC(=O)Nc2cccc(OC3CCCC3)c2)cc1. The van der Waals surface area contributed by atoms with Crippen LogP contribution in [0.3, 0.4) is 0 Å². The van der Waals surface area contributed by atoms with Crippen LogP contribution in [0.15, 0.2) is 48.5 Å². The van der Waals surface area contributed by atoms with Crippen molar-refractivity contribution in [3.8, 4) is 5.75 Å². The zero-order valence-corrected chi connectivity index (χ0v) is 17.9. The Morgan fingerprint density at radius 2 is 1.67 bits per heavy atom. The van der Waals surface area contributed by atoms with E-state index in [0.29, 0.717) is 5.69 Å². The van der Waals surface area contributed by atoms with Gasteiger partial charge in [-0.1, -0.05) is 18.2 Å². The minimum absolute atomic E-state index is 0.110. The molecule has 2 aromatic carbocycles. The molecule has 0 heterocycles. The van der Waals surface area contributed by atoms with E-state index in [1.807, 2.05) is 57.2 Å². The van der Waals surface area contributed by atoms with Crippen LogP contribution in [0.2, 0.25) is 0 Å². The van der Waals surface area contributed by atoms with Gasteiger partial charge in [0.1, 0.15) is 11.4 Å². The molecule has 2 aromatic rings. The van der Waals surface area contributed by atoms with Crippen LogP contribution in [0.5, 0.6) is 5.75 Å². The molecule has 0 aromatic heterocycles. The number of amides is 2. The average Bonchev–Trinajstić information content (AvgIpc) is 3.15. The third-order valence-corrected chi connectivity index (χ3v) is 4.69. The van der Waals surface area contributed by atoms with Gasteiger partial charge in [-0.2, -0.15) is 0 Å². The number of ether oxygens (including phenoxy) is 2. The summed E-state index contributed by atoms with van der Waals surface area (Å²) >= 11 is 0. The largest absolute Gasteiger partial charge is 0.490 e. The van der Waals surface area contributed by atoms with Crippen molar-refractivity contribution in [1.82, 2.24) is 0 Å². The molecular formula is C24H30N2O4. The summed E-state index contributed by atoms with van der Waals surface area (Å²) in [5.41, 5.74) is 1.63. The first-order chi connectivity index (χ1) is 14.3. The molecule has 2 N–H and O–H groups in total. The summed E-state index contributed by atoms with van der Waals surface area (Å²) in [6.45, 7) is 5.43. The second-order valence-corrected chi connectivity index (χ2v) is 8.60. The van der Waals surface area contributed by atoms with Gasteiger partial charge in [-0.3, -0.25) is 10.1 Å². The van der Waals surface area contributed by atoms with E-state index in [2.05, 4.69) is 10.6 Å². The Kier molecular flexibility index (Phi) is 6.98. The van der Waals surface area contributed by atoms with E-state index in [1.165, 1.54) is 12.8 Å². The molecule has 30 heavy (non-hydrogen) atoms. The summed E-state index contributed by atoms with van der Waals surface area (Å²) in [5, 5.41) is 5.60. The van der Waals surface area contributed by atoms with Crippen molar-refractivity contribution in [1.29, 1.82) is 0 Å². The average molecular weight is 411 g/mol. The van der Waals surface area contributed by atoms with Crippen LogP contribution < -0.4 is 15.4 Å². The standard InChI is InChI=1S/C24H30N2O4/c1-24(2,3)30-23(28)26-18-13-11-17(12-14-18)15-22(27)25-19-7-6-10-21(16-19)29-20-8-4-5-9-20/h6-7,10-14,16,20H,4-5,8-9,15H2,1-3H3,(H,25,27)(H,26,28). The van der Waals surface area contributed by atoms with E-state index >= 15 is 0 Å². The van der Waals surface area contributed by atoms with Gasteiger partial charge in [-0.05, 0) is 76.3 Å². The number of benzene rings is 2. The summed E-state index contributed by atoms with van der Waals surface area (Å²) in [5.74, 6) is 0.679. The molecule has 0 atom stereocenters. The molecule has 0 unspecified atom stereocenters. The van der Waals surface area contributed by atoms with Gasteiger partial charge in [-0.25, -0.2) is 4.79 Å². The molecule has 2 amide bonds. The number of hydrogen-bond acceptors (Lipinski definition) is 4. The highest BCUT2D eigenvalue weighted by Gasteiger charge is 2.17. The molecule has 3 rings (SSSR count). The third kappa shape index (κ3) is 7.10. The lowest BCUT2D eigenvalue weighted by Gasteiger charge is -2.19. The first kappa shape index (κ1) is 21.7. The molecule has 1 aliphatic carbocycles. The van der Waals surface area contributed by atoms with Crippen molar-refractivity contribution >= 4 is 23.4 Å². The lowest BCUT2D eigenvalue weighted by Crippen LogP contribution is -2.27. The highest BCUT2D eigenvalue weighted by atomic mass is 16.6. The number of hydrogen-bond donors (Lipinski definition) is 2. The number of anilines is 2. The fraction of sp³-hybridized carbons (Fsp3) is 0.417. The summed E-state index contributed by atoms with van der Waals surface area (Å²) in [6.07, 6.45) is 4.63. The maximum Gasteiger partial charge on any atom is 0.412 e. The molecule has 6 heteroatoms. The molecule has 0 radical (unpaired) electrons. The number of carbonyl (C=O) groups is 2. The van der Waals surface area contributed by atoms with Crippen molar-refractivity contribution in [2.45, 2.75) is 64.6 Å². The van der Waals surface area contributed by atoms with Crippen molar-refractivity contribution in [3.63, 3.8) is 0 Å². The Labute approximate surface area is 178 Å². The minimum atomic E-state index is -0.554. The summed E-state index contributed by atoms with van der Waals surface area (Å²) in [7, 11) is 0. The topological polar surface area (TPSA) is 76.7 Å².